The summed E-state index contributed by atoms with van der Waals surface area (Å²) in [7, 11) is 0. The number of halogens is 2. The minimum atomic E-state index is -0.278. The van der Waals surface area contributed by atoms with Crippen molar-refractivity contribution in [3.05, 3.63) is 57.4 Å². The maximum absolute atomic E-state index is 12.5. The average molecular weight is 407 g/mol. The number of hydrogen-bond donors (Lipinski definition) is 1. The van der Waals surface area contributed by atoms with Crippen LogP contribution in [0.15, 0.2) is 41.8 Å². The summed E-state index contributed by atoms with van der Waals surface area (Å²) in [6.45, 7) is 0.973. The van der Waals surface area contributed by atoms with Crippen molar-refractivity contribution in [1.29, 1.82) is 0 Å². The monoisotopic (exact) mass is 406 g/mol. The second kappa shape index (κ2) is 7.15. The lowest BCUT2D eigenvalue weighted by Crippen LogP contribution is -2.17. The number of fused-ring (bicyclic) bond motifs is 1. The molecule has 0 aliphatic carbocycles. The van der Waals surface area contributed by atoms with Gasteiger partial charge in [-0.05, 0) is 36.4 Å². The topological polar surface area (TPSA) is 60.5 Å². The van der Waals surface area contributed by atoms with Crippen LogP contribution in [0.4, 0.5) is 5.13 Å². The van der Waals surface area contributed by atoms with Crippen LogP contribution in [0.25, 0.3) is 11.3 Å². The van der Waals surface area contributed by atoms with Crippen molar-refractivity contribution < 1.29 is 14.3 Å². The van der Waals surface area contributed by atoms with Crippen LogP contribution in [0, 0.1) is 0 Å². The van der Waals surface area contributed by atoms with E-state index in [1.807, 2.05) is 5.38 Å². The van der Waals surface area contributed by atoms with Crippen LogP contribution >= 0.6 is 34.5 Å². The number of aromatic nitrogens is 1. The first-order chi connectivity index (χ1) is 12.6. The fourth-order valence-electron chi connectivity index (χ4n) is 2.50. The molecule has 2 heterocycles. The lowest BCUT2D eigenvalue weighted by Gasteiger charge is -2.18. The number of nitrogens with one attached hydrogen (secondary N) is 1. The third kappa shape index (κ3) is 3.49. The zero-order valence-corrected chi connectivity index (χ0v) is 15.6. The Kier molecular flexibility index (Phi) is 4.72. The Labute approximate surface area is 163 Å². The third-order valence-electron chi connectivity index (χ3n) is 3.73. The summed E-state index contributed by atoms with van der Waals surface area (Å²) in [6.07, 6.45) is 0. The first-order valence-electron chi connectivity index (χ1n) is 7.72. The van der Waals surface area contributed by atoms with Crippen molar-refractivity contribution in [2.45, 2.75) is 0 Å². The molecule has 0 saturated carbocycles. The molecule has 1 aliphatic rings. The van der Waals surface area contributed by atoms with E-state index in [-0.39, 0.29) is 5.91 Å². The zero-order valence-electron chi connectivity index (χ0n) is 13.3. The van der Waals surface area contributed by atoms with Crippen LogP contribution < -0.4 is 14.8 Å². The number of carbonyl (C=O) groups excluding carboxylic acids is 1. The van der Waals surface area contributed by atoms with E-state index in [0.29, 0.717) is 51.1 Å². The van der Waals surface area contributed by atoms with Crippen LogP contribution in [0.3, 0.4) is 0 Å². The van der Waals surface area contributed by atoms with Gasteiger partial charge in [0.2, 0.25) is 0 Å². The first-order valence-corrected chi connectivity index (χ1v) is 9.36. The van der Waals surface area contributed by atoms with Crippen molar-refractivity contribution in [3.63, 3.8) is 0 Å². The van der Waals surface area contributed by atoms with Crippen LogP contribution in [0.1, 0.15) is 10.4 Å². The minimum Gasteiger partial charge on any atom is -0.486 e. The average Bonchev–Trinajstić information content (AvgIpc) is 3.11. The van der Waals surface area contributed by atoms with Crippen LogP contribution in [-0.4, -0.2) is 24.1 Å². The maximum Gasteiger partial charge on any atom is 0.257 e. The molecule has 0 unspecified atom stereocenters. The molecule has 1 aromatic heterocycles. The molecule has 0 fully saturated rings. The van der Waals surface area contributed by atoms with Gasteiger partial charge >= 0.3 is 0 Å². The lowest BCUT2D eigenvalue weighted by atomic mass is 10.2. The molecule has 0 atom stereocenters. The first kappa shape index (κ1) is 17.1. The van der Waals surface area contributed by atoms with Crippen LogP contribution in [0.2, 0.25) is 10.0 Å². The Morgan fingerprint density at radius 1 is 1.08 bits per heavy atom. The molecule has 1 amide bonds. The van der Waals surface area contributed by atoms with E-state index in [1.165, 1.54) is 11.3 Å². The smallest absolute Gasteiger partial charge is 0.257 e. The van der Waals surface area contributed by atoms with E-state index in [2.05, 4.69) is 10.3 Å². The predicted molar refractivity (Wildman–Crippen MR) is 103 cm³/mol. The molecule has 1 aliphatic heterocycles. The molecule has 3 aromatic rings. The molecular weight excluding hydrogens is 395 g/mol. The summed E-state index contributed by atoms with van der Waals surface area (Å²) in [6, 6.07) is 10.2. The normalized spacial score (nSPS) is 12.7. The fraction of sp³-hybridized carbons (Fsp3) is 0.111. The molecule has 132 valence electrons. The highest BCUT2D eigenvalue weighted by atomic mass is 35.5. The van der Waals surface area contributed by atoms with E-state index in [0.717, 1.165) is 5.56 Å². The van der Waals surface area contributed by atoms with Crippen LogP contribution in [-0.2, 0) is 0 Å². The fourth-order valence-corrected chi connectivity index (χ4v) is 3.59. The number of nitrogens with zero attached hydrogens (tertiary/aromatic N) is 1. The third-order valence-corrected chi connectivity index (χ3v) is 5.06. The number of anilines is 1. The molecular formula is C18H12Cl2N2O3S. The second-order valence-corrected chi connectivity index (χ2v) is 7.18. The summed E-state index contributed by atoms with van der Waals surface area (Å²) in [5.41, 5.74) is 1.84. The standard InChI is InChI=1S/C18H12Cl2N2O3S/c19-11-2-3-13(20)12(8-11)14-9-26-18(21-14)22-17(23)10-1-4-15-16(7-10)25-6-5-24-15/h1-4,7-9H,5-6H2,(H,21,22,23). The summed E-state index contributed by atoms with van der Waals surface area (Å²) < 4.78 is 11.0. The van der Waals surface area contributed by atoms with Gasteiger partial charge in [-0.2, -0.15) is 0 Å². The minimum absolute atomic E-state index is 0.278. The number of thiazole rings is 1. The summed E-state index contributed by atoms with van der Waals surface area (Å²) in [4.78, 5) is 16.9. The summed E-state index contributed by atoms with van der Waals surface area (Å²) in [5.74, 6) is 0.925. The van der Waals surface area contributed by atoms with E-state index < -0.39 is 0 Å². The van der Waals surface area contributed by atoms with Gasteiger partial charge in [0.1, 0.15) is 13.2 Å². The number of amides is 1. The molecule has 5 nitrogen and oxygen atoms in total. The Balaban J connectivity index is 1.54. The van der Waals surface area contributed by atoms with E-state index in [9.17, 15) is 4.79 Å². The largest absolute Gasteiger partial charge is 0.486 e. The molecule has 4 rings (SSSR count). The van der Waals surface area contributed by atoms with Crippen molar-refractivity contribution in [2.75, 3.05) is 18.5 Å². The molecule has 0 spiro atoms. The molecule has 2 aromatic carbocycles. The van der Waals surface area contributed by atoms with Gasteiger partial charge in [-0.25, -0.2) is 4.98 Å². The Morgan fingerprint density at radius 3 is 2.73 bits per heavy atom. The summed E-state index contributed by atoms with van der Waals surface area (Å²) in [5, 5.41) is 6.18. The Hall–Kier alpha value is -2.28. The van der Waals surface area contributed by atoms with Crippen molar-refractivity contribution in [1.82, 2.24) is 4.98 Å². The molecule has 1 N–H and O–H groups in total. The van der Waals surface area contributed by atoms with Gasteiger partial charge < -0.3 is 9.47 Å². The number of benzene rings is 2. The maximum atomic E-state index is 12.5. The number of hydrogen-bond acceptors (Lipinski definition) is 5. The van der Waals surface area contributed by atoms with Gasteiger partial charge in [-0.3, -0.25) is 10.1 Å². The molecule has 0 radical (unpaired) electrons. The van der Waals surface area contributed by atoms with E-state index >= 15 is 0 Å². The Bertz CT molecular complexity index is 990. The Morgan fingerprint density at radius 2 is 1.88 bits per heavy atom. The van der Waals surface area contributed by atoms with Gasteiger partial charge in [-0.15, -0.1) is 11.3 Å². The van der Waals surface area contributed by atoms with Gasteiger partial charge in [0.25, 0.3) is 5.91 Å². The van der Waals surface area contributed by atoms with Gasteiger partial charge in [0.15, 0.2) is 16.6 Å². The SMILES string of the molecule is O=C(Nc1nc(-c2cc(Cl)ccc2Cl)cs1)c1ccc2c(c1)OCCO2. The van der Waals surface area contributed by atoms with Crippen LogP contribution in [0.5, 0.6) is 11.5 Å². The molecule has 8 heteroatoms. The quantitative estimate of drug-likeness (QED) is 0.653. The highest BCUT2D eigenvalue weighted by Crippen LogP contribution is 2.33. The summed E-state index contributed by atoms with van der Waals surface area (Å²) >= 11 is 13.5. The van der Waals surface area contributed by atoms with Gasteiger partial charge in [0, 0.05) is 21.5 Å². The zero-order chi connectivity index (χ0) is 18.1. The second-order valence-electron chi connectivity index (χ2n) is 5.47. The number of carbonyl (C=O) groups is 1. The van der Waals surface area contributed by atoms with Crippen molar-refractivity contribution in [2.24, 2.45) is 0 Å². The highest BCUT2D eigenvalue weighted by molar-refractivity contribution is 7.14. The van der Waals surface area contributed by atoms with Gasteiger partial charge in [-0.1, -0.05) is 23.2 Å². The lowest BCUT2D eigenvalue weighted by molar-refractivity contribution is 0.102. The van der Waals surface area contributed by atoms with E-state index in [1.54, 1.807) is 36.4 Å². The van der Waals surface area contributed by atoms with Crippen molar-refractivity contribution in [3.8, 4) is 22.8 Å². The predicted octanol–water partition coefficient (Wildman–Crippen LogP) is 5.14. The molecule has 26 heavy (non-hydrogen) atoms. The van der Waals surface area contributed by atoms with Gasteiger partial charge in [0.05, 0.1) is 10.7 Å². The van der Waals surface area contributed by atoms with Crippen molar-refractivity contribution >= 4 is 45.6 Å². The number of rotatable bonds is 3. The van der Waals surface area contributed by atoms with E-state index in [4.69, 9.17) is 32.7 Å². The molecule has 0 saturated heterocycles. The molecule has 0 bridgehead atoms. The highest BCUT2D eigenvalue weighted by Gasteiger charge is 2.16. The number of ether oxygens (including phenoxy) is 2.